The Morgan fingerprint density at radius 2 is 2.21 bits per heavy atom. The van der Waals surface area contributed by atoms with E-state index in [4.69, 9.17) is 16.3 Å². The minimum atomic E-state index is 0.652. The van der Waals surface area contributed by atoms with Crippen molar-refractivity contribution in [3.05, 3.63) is 46.2 Å². The van der Waals surface area contributed by atoms with Gasteiger partial charge in [-0.25, -0.2) is 0 Å². The van der Waals surface area contributed by atoms with Gasteiger partial charge < -0.3 is 10.1 Å². The van der Waals surface area contributed by atoms with Crippen LogP contribution in [0, 0.1) is 6.92 Å². The second-order valence-corrected chi connectivity index (χ2v) is 4.82. The number of hydrogen-bond acceptors (Lipinski definition) is 3. The molecule has 0 aliphatic heterocycles. The van der Waals surface area contributed by atoms with Crippen LogP contribution in [0.4, 0.5) is 0 Å². The van der Waals surface area contributed by atoms with Gasteiger partial charge in [-0.05, 0) is 31.7 Å². The average molecular weight is 280 g/mol. The summed E-state index contributed by atoms with van der Waals surface area (Å²) in [6.45, 7) is 3.44. The average Bonchev–Trinajstić information content (AvgIpc) is 2.72. The first-order valence-electron chi connectivity index (χ1n) is 6.14. The summed E-state index contributed by atoms with van der Waals surface area (Å²) in [4.78, 5) is 0. The lowest BCUT2D eigenvalue weighted by atomic mass is 10.1. The van der Waals surface area contributed by atoms with E-state index >= 15 is 0 Å². The molecule has 0 saturated carbocycles. The van der Waals surface area contributed by atoms with E-state index in [-0.39, 0.29) is 0 Å². The number of aromatic nitrogens is 2. The maximum Gasteiger partial charge on any atom is 0.123 e. The molecule has 0 saturated heterocycles. The van der Waals surface area contributed by atoms with Crippen LogP contribution in [0.25, 0.3) is 0 Å². The van der Waals surface area contributed by atoms with E-state index in [0.717, 1.165) is 23.6 Å². The summed E-state index contributed by atoms with van der Waals surface area (Å²) < 4.78 is 7.28. The minimum absolute atomic E-state index is 0.652. The number of ether oxygens (including phenoxy) is 1. The summed E-state index contributed by atoms with van der Waals surface area (Å²) in [5, 5.41) is 8.10. The Labute approximate surface area is 118 Å². The number of halogens is 1. The number of rotatable bonds is 5. The monoisotopic (exact) mass is 279 g/mol. The summed E-state index contributed by atoms with van der Waals surface area (Å²) in [6.07, 6.45) is 1.67. The molecule has 2 aromatic rings. The molecule has 0 aliphatic rings. The molecule has 0 atom stereocenters. The van der Waals surface area contributed by atoms with Crippen molar-refractivity contribution in [1.82, 2.24) is 15.1 Å². The number of benzene rings is 1. The largest absolute Gasteiger partial charge is 0.496 e. The molecule has 0 fully saturated rings. The molecule has 1 N–H and O–H groups in total. The molecule has 4 nitrogen and oxygen atoms in total. The topological polar surface area (TPSA) is 39.1 Å². The first-order chi connectivity index (χ1) is 9.15. The van der Waals surface area contributed by atoms with Crippen LogP contribution in [-0.2, 0) is 13.1 Å². The summed E-state index contributed by atoms with van der Waals surface area (Å²) in [5.41, 5.74) is 3.27. The van der Waals surface area contributed by atoms with Crippen molar-refractivity contribution in [2.45, 2.75) is 20.0 Å². The third-order valence-corrected chi connectivity index (χ3v) is 3.46. The molecule has 102 valence electrons. The Morgan fingerprint density at radius 1 is 1.42 bits per heavy atom. The SMILES string of the molecule is CNCc1ccc(OC)c(Cn2ncc(Cl)c2C)c1. The van der Waals surface area contributed by atoms with Gasteiger partial charge in [0.25, 0.3) is 0 Å². The second kappa shape index (κ2) is 6.08. The van der Waals surface area contributed by atoms with Crippen molar-refractivity contribution >= 4 is 11.6 Å². The summed E-state index contributed by atoms with van der Waals surface area (Å²) in [6, 6.07) is 6.18. The molecule has 19 heavy (non-hydrogen) atoms. The quantitative estimate of drug-likeness (QED) is 0.914. The van der Waals surface area contributed by atoms with E-state index in [1.54, 1.807) is 13.3 Å². The number of nitrogens with one attached hydrogen (secondary N) is 1. The molecule has 1 aromatic carbocycles. The molecule has 5 heteroatoms. The van der Waals surface area contributed by atoms with Crippen molar-refractivity contribution in [1.29, 1.82) is 0 Å². The molecule has 1 aromatic heterocycles. The Morgan fingerprint density at radius 3 is 2.79 bits per heavy atom. The van der Waals surface area contributed by atoms with E-state index in [1.807, 2.05) is 24.7 Å². The summed E-state index contributed by atoms with van der Waals surface area (Å²) >= 11 is 6.03. The maximum atomic E-state index is 6.03. The zero-order chi connectivity index (χ0) is 13.8. The highest BCUT2D eigenvalue weighted by molar-refractivity contribution is 6.31. The van der Waals surface area contributed by atoms with E-state index in [1.165, 1.54) is 5.56 Å². The van der Waals surface area contributed by atoms with Crippen LogP contribution in [0.3, 0.4) is 0 Å². The smallest absolute Gasteiger partial charge is 0.123 e. The standard InChI is InChI=1S/C14H18ClN3O/c1-10-13(15)8-17-18(10)9-12-6-11(7-16-2)4-5-14(12)19-3/h4-6,8,16H,7,9H2,1-3H3. The molecular weight excluding hydrogens is 262 g/mol. The third-order valence-electron chi connectivity index (χ3n) is 3.09. The molecule has 0 bridgehead atoms. The molecule has 0 amide bonds. The highest BCUT2D eigenvalue weighted by Crippen LogP contribution is 2.22. The number of methoxy groups -OCH3 is 1. The van der Waals surface area contributed by atoms with E-state index in [9.17, 15) is 0 Å². The van der Waals surface area contributed by atoms with Crippen molar-refractivity contribution in [2.75, 3.05) is 14.2 Å². The zero-order valence-corrected chi connectivity index (χ0v) is 12.2. The predicted octanol–water partition coefficient (Wildman–Crippen LogP) is 2.62. The Bertz CT molecular complexity index is 566. The van der Waals surface area contributed by atoms with Crippen LogP contribution in [0.1, 0.15) is 16.8 Å². The fraction of sp³-hybridized carbons (Fsp3) is 0.357. The van der Waals surface area contributed by atoms with Gasteiger partial charge in [-0.2, -0.15) is 5.10 Å². The van der Waals surface area contributed by atoms with Crippen LogP contribution in [0.5, 0.6) is 5.75 Å². The summed E-state index contributed by atoms with van der Waals surface area (Å²) in [7, 11) is 3.61. The first-order valence-corrected chi connectivity index (χ1v) is 6.51. The Kier molecular flexibility index (Phi) is 4.45. The van der Waals surface area contributed by atoms with Gasteiger partial charge in [0, 0.05) is 12.1 Å². The van der Waals surface area contributed by atoms with Crippen LogP contribution in [0.2, 0.25) is 5.02 Å². The highest BCUT2D eigenvalue weighted by Gasteiger charge is 2.09. The number of nitrogens with zero attached hydrogens (tertiary/aromatic N) is 2. The van der Waals surface area contributed by atoms with Gasteiger partial charge in [0.15, 0.2) is 0 Å². The first kappa shape index (κ1) is 13.9. The van der Waals surface area contributed by atoms with Gasteiger partial charge in [0.1, 0.15) is 5.75 Å². The molecule has 0 aliphatic carbocycles. The Hall–Kier alpha value is -1.52. The Balaban J connectivity index is 2.31. The van der Waals surface area contributed by atoms with Crippen LogP contribution in [0.15, 0.2) is 24.4 Å². The molecule has 1 heterocycles. The van der Waals surface area contributed by atoms with E-state index < -0.39 is 0 Å². The minimum Gasteiger partial charge on any atom is -0.496 e. The van der Waals surface area contributed by atoms with Gasteiger partial charge in [-0.15, -0.1) is 0 Å². The van der Waals surface area contributed by atoms with E-state index in [2.05, 4.69) is 22.5 Å². The lowest BCUT2D eigenvalue weighted by Gasteiger charge is -2.12. The molecule has 0 spiro atoms. The third kappa shape index (κ3) is 3.08. The van der Waals surface area contributed by atoms with Gasteiger partial charge in [-0.1, -0.05) is 17.7 Å². The van der Waals surface area contributed by atoms with Crippen molar-refractivity contribution in [2.24, 2.45) is 0 Å². The van der Waals surface area contributed by atoms with Crippen molar-refractivity contribution < 1.29 is 4.74 Å². The van der Waals surface area contributed by atoms with Crippen LogP contribution < -0.4 is 10.1 Å². The molecule has 2 rings (SSSR count). The van der Waals surface area contributed by atoms with Gasteiger partial charge in [0.2, 0.25) is 0 Å². The maximum absolute atomic E-state index is 6.03. The van der Waals surface area contributed by atoms with Crippen molar-refractivity contribution in [3.8, 4) is 5.75 Å². The van der Waals surface area contributed by atoms with Crippen LogP contribution in [-0.4, -0.2) is 23.9 Å². The lowest BCUT2D eigenvalue weighted by molar-refractivity contribution is 0.407. The number of hydrogen-bond donors (Lipinski definition) is 1. The molecule has 0 radical (unpaired) electrons. The zero-order valence-electron chi connectivity index (χ0n) is 11.4. The van der Waals surface area contributed by atoms with Crippen LogP contribution >= 0.6 is 11.6 Å². The van der Waals surface area contributed by atoms with Gasteiger partial charge >= 0.3 is 0 Å². The van der Waals surface area contributed by atoms with Gasteiger partial charge in [-0.3, -0.25) is 4.68 Å². The summed E-state index contributed by atoms with van der Waals surface area (Å²) in [5.74, 6) is 0.867. The fourth-order valence-electron chi connectivity index (χ4n) is 2.01. The van der Waals surface area contributed by atoms with E-state index in [0.29, 0.717) is 11.6 Å². The second-order valence-electron chi connectivity index (χ2n) is 4.41. The molecule has 0 unspecified atom stereocenters. The lowest BCUT2D eigenvalue weighted by Crippen LogP contribution is -2.08. The molecular formula is C14H18ClN3O. The predicted molar refractivity (Wildman–Crippen MR) is 76.8 cm³/mol. The fourth-order valence-corrected chi connectivity index (χ4v) is 2.16. The highest BCUT2D eigenvalue weighted by atomic mass is 35.5. The normalized spacial score (nSPS) is 10.7. The van der Waals surface area contributed by atoms with Crippen molar-refractivity contribution in [3.63, 3.8) is 0 Å². The van der Waals surface area contributed by atoms with Gasteiger partial charge in [0.05, 0.1) is 30.6 Å².